The quantitative estimate of drug-likeness (QED) is 0.628. The number of rotatable bonds is 2. The van der Waals surface area contributed by atoms with E-state index in [4.69, 9.17) is 10.5 Å². The lowest BCUT2D eigenvalue weighted by molar-refractivity contribution is -0.131. The van der Waals surface area contributed by atoms with Crippen LogP contribution in [0.2, 0.25) is 0 Å². The minimum atomic E-state index is -3.50. The second-order valence-corrected chi connectivity index (χ2v) is 8.03. The first kappa shape index (κ1) is 17.0. The van der Waals surface area contributed by atoms with Gasteiger partial charge < -0.3 is 20.9 Å². The largest absolute Gasteiger partial charge is 0.473 e. The van der Waals surface area contributed by atoms with Gasteiger partial charge in [0.1, 0.15) is 11.8 Å². The van der Waals surface area contributed by atoms with Crippen LogP contribution < -0.4 is 15.8 Å². The van der Waals surface area contributed by atoms with Gasteiger partial charge in [-0.05, 0) is 12.1 Å². The van der Waals surface area contributed by atoms with Crippen molar-refractivity contribution < 1.29 is 32.6 Å². The van der Waals surface area contributed by atoms with Crippen LogP contribution in [0.25, 0.3) is 0 Å². The van der Waals surface area contributed by atoms with Crippen LogP contribution in [0.15, 0.2) is 23.1 Å². The highest BCUT2D eigenvalue weighted by Crippen LogP contribution is 2.41. The summed E-state index contributed by atoms with van der Waals surface area (Å²) in [6.07, 6.45) is -0.646. The zero-order valence-corrected chi connectivity index (χ0v) is 13.9. The molecule has 2 aliphatic heterocycles. The van der Waals surface area contributed by atoms with Crippen LogP contribution in [-0.2, 0) is 19.4 Å². The third-order valence-corrected chi connectivity index (χ3v) is 5.36. The molecule has 25 heavy (non-hydrogen) atoms. The number of nitrogens with two attached hydrogens (primary N) is 1. The lowest BCUT2D eigenvalue weighted by atomic mass is 9.96. The van der Waals surface area contributed by atoms with Gasteiger partial charge in [0.15, 0.2) is 9.84 Å². The van der Waals surface area contributed by atoms with Crippen molar-refractivity contribution in [3.05, 3.63) is 18.2 Å². The van der Waals surface area contributed by atoms with Crippen molar-refractivity contribution in [1.29, 1.82) is 0 Å². The second-order valence-electron chi connectivity index (χ2n) is 6.01. The Kier molecular flexibility index (Phi) is 3.64. The number of ether oxygens (including phenoxy) is 1. The molecule has 2 aliphatic rings. The van der Waals surface area contributed by atoms with Gasteiger partial charge in [-0.1, -0.05) is 0 Å². The average Bonchev–Trinajstić information content (AvgIpc) is 2.88. The van der Waals surface area contributed by atoms with E-state index in [0.717, 1.165) is 11.2 Å². The maximum Gasteiger partial charge on any atom is 0.408 e. The molecule has 1 aromatic rings. The van der Waals surface area contributed by atoms with Gasteiger partial charge >= 0.3 is 6.09 Å². The Labute approximate surface area is 142 Å². The monoisotopic (exact) mass is 369 g/mol. The van der Waals surface area contributed by atoms with Crippen molar-refractivity contribution in [1.82, 2.24) is 4.90 Å². The van der Waals surface area contributed by atoms with E-state index in [1.165, 1.54) is 18.2 Å². The molecule has 1 spiro atoms. The van der Waals surface area contributed by atoms with Gasteiger partial charge in [0.2, 0.25) is 11.5 Å². The molecule has 0 saturated carbocycles. The summed E-state index contributed by atoms with van der Waals surface area (Å²) >= 11 is 0. The number of likely N-dealkylation sites (tertiary alicyclic amines) is 1. The third-order valence-electron chi connectivity index (χ3n) is 4.25. The summed E-state index contributed by atoms with van der Waals surface area (Å²) in [6.45, 7) is -0.398. The molecule has 1 aromatic carbocycles. The number of primary amides is 1. The predicted molar refractivity (Wildman–Crippen MR) is 83.9 cm³/mol. The molecule has 0 bridgehead atoms. The van der Waals surface area contributed by atoms with Gasteiger partial charge in [0.25, 0.3) is 5.91 Å². The maximum atomic E-state index is 12.5. The number of nitrogens with zero attached hydrogens (tertiary/aromatic N) is 1. The van der Waals surface area contributed by atoms with Crippen LogP contribution in [0.3, 0.4) is 0 Å². The van der Waals surface area contributed by atoms with E-state index in [1.54, 1.807) is 0 Å². The molecule has 0 aromatic heterocycles. The van der Waals surface area contributed by atoms with Crippen molar-refractivity contribution in [2.24, 2.45) is 5.73 Å². The summed E-state index contributed by atoms with van der Waals surface area (Å²) in [6, 6.07) is 2.73. The number of amides is 3. The van der Waals surface area contributed by atoms with Crippen LogP contribution in [0.5, 0.6) is 5.75 Å². The third kappa shape index (κ3) is 2.76. The molecule has 0 unspecified atom stereocenters. The molecule has 11 heteroatoms. The molecule has 0 aliphatic carbocycles. The Morgan fingerprint density at radius 3 is 2.64 bits per heavy atom. The zero-order chi connectivity index (χ0) is 18.6. The Bertz CT molecular complexity index is 874. The smallest absolute Gasteiger partial charge is 0.408 e. The number of benzene rings is 1. The summed E-state index contributed by atoms with van der Waals surface area (Å²) in [5.74, 6) is -1.44. The minimum absolute atomic E-state index is 0.0166. The number of carbonyl (C=O) groups is 3. The fourth-order valence-corrected chi connectivity index (χ4v) is 3.62. The lowest BCUT2D eigenvalue weighted by Gasteiger charge is -2.34. The summed E-state index contributed by atoms with van der Waals surface area (Å²) in [5.41, 5.74) is 3.83. The SMILES string of the molecule is CS(=O)(=O)c1ccc2c(c1)O[C@@]1(C[C@@H](C(N)=O)N(C(=O)O)C1)C(=O)N2. The van der Waals surface area contributed by atoms with Crippen LogP contribution in [0.4, 0.5) is 10.5 Å². The Balaban J connectivity index is 2.02. The predicted octanol–water partition coefficient (Wildman–Crippen LogP) is -0.603. The summed E-state index contributed by atoms with van der Waals surface area (Å²) in [5, 5.41) is 11.8. The fourth-order valence-electron chi connectivity index (χ4n) is 2.98. The molecule has 1 saturated heterocycles. The van der Waals surface area contributed by atoms with Crippen molar-refractivity contribution in [3.8, 4) is 5.75 Å². The van der Waals surface area contributed by atoms with Crippen molar-refractivity contribution >= 4 is 33.4 Å². The van der Waals surface area contributed by atoms with Crippen molar-refractivity contribution in [2.75, 3.05) is 18.1 Å². The number of carbonyl (C=O) groups excluding carboxylic acids is 2. The van der Waals surface area contributed by atoms with Crippen LogP contribution in [-0.4, -0.2) is 60.8 Å². The van der Waals surface area contributed by atoms with E-state index >= 15 is 0 Å². The number of hydrogen-bond donors (Lipinski definition) is 3. The van der Waals surface area contributed by atoms with E-state index in [2.05, 4.69) is 5.32 Å². The molecule has 0 radical (unpaired) electrons. The summed E-state index contributed by atoms with van der Waals surface area (Å²) in [4.78, 5) is 36.1. The van der Waals surface area contributed by atoms with E-state index < -0.39 is 45.9 Å². The van der Waals surface area contributed by atoms with Gasteiger partial charge in [-0.3, -0.25) is 14.5 Å². The molecule has 134 valence electrons. The van der Waals surface area contributed by atoms with Crippen LogP contribution in [0.1, 0.15) is 6.42 Å². The Morgan fingerprint density at radius 1 is 1.44 bits per heavy atom. The van der Waals surface area contributed by atoms with E-state index in [9.17, 15) is 27.9 Å². The highest BCUT2D eigenvalue weighted by molar-refractivity contribution is 7.90. The second kappa shape index (κ2) is 5.34. The minimum Gasteiger partial charge on any atom is -0.473 e. The number of nitrogens with one attached hydrogen (secondary N) is 1. The first-order valence-electron chi connectivity index (χ1n) is 7.17. The molecule has 4 N–H and O–H groups in total. The zero-order valence-electron chi connectivity index (χ0n) is 13.1. The number of sulfone groups is 1. The summed E-state index contributed by atoms with van der Waals surface area (Å²) < 4.78 is 29.1. The van der Waals surface area contributed by atoms with Gasteiger partial charge in [-0.2, -0.15) is 0 Å². The highest BCUT2D eigenvalue weighted by atomic mass is 32.2. The molecule has 2 atom stereocenters. The topological polar surface area (TPSA) is 156 Å². The standard InChI is InChI=1S/C14H15N3O7S/c1-25(22,23)7-2-3-8-10(4-7)24-14(12(19)16-8)5-9(11(15)18)17(6-14)13(20)21/h2-4,9H,5-6H2,1H3,(H2,15,18)(H,16,19)(H,20,21)/t9-,14+/m0/s1. The summed E-state index contributed by atoms with van der Waals surface area (Å²) in [7, 11) is -3.50. The normalized spacial score (nSPS) is 25.2. The van der Waals surface area contributed by atoms with E-state index in [1.807, 2.05) is 0 Å². The molecular weight excluding hydrogens is 354 g/mol. The molecule has 1 fully saturated rings. The Hall–Kier alpha value is -2.82. The molecule has 2 heterocycles. The maximum absolute atomic E-state index is 12.5. The van der Waals surface area contributed by atoms with Gasteiger partial charge in [-0.25, -0.2) is 13.2 Å². The fraction of sp³-hybridized carbons (Fsp3) is 0.357. The molecular formula is C14H15N3O7S. The average molecular weight is 369 g/mol. The van der Waals surface area contributed by atoms with Crippen molar-refractivity contribution in [2.45, 2.75) is 23.0 Å². The highest BCUT2D eigenvalue weighted by Gasteiger charge is 2.56. The lowest BCUT2D eigenvalue weighted by Crippen LogP contribution is -2.53. The van der Waals surface area contributed by atoms with Crippen LogP contribution in [0, 0.1) is 0 Å². The number of anilines is 1. The van der Waals surface area contributed by atoms with Crippen LogP contribution >= 0.6 is 0 Å². The van der Waals surface area contributed by atoms with Crippen molar-refractivity contribution in [3.63, 3.8) is 0 Å². The van der Waals surface area contributed by atoms with Gasteiger partial charge in [0.05, 0.1) is 17.1 Å². The first-order chi connectivity index (χ1) is 11.5. The number of fused-ring (bicyclic) bond motifs is 1. The van der Waals surface area contributed by atoms with E-state index in [0.29, 0.717) is 0 Å². The number of carboxylic acid groups (broad SMARTS) is 1. The molecule has 10 nitrogen and oxygen atoms in total. The van der Waals surface area contributed by atoms with Gasteiger partial charge in [-0.15, -0.1) is 0 Å². The molecule has 3 rings (SSSR count). The molecule has 3 amide bonds. The van der Waals surface area contributed by atoms with E-state index in [-0.39, 0.29) is 22.8 Å². The number of hydrogen-bond acceptors (Lipinski definition) is 6. The van der Waals surface area contributed by atoms with Gasteiger partial charge in [0, 0.05) is 18.7 Å². The first-order valence-corrected chi connectivity index (χ1v) is 9.06. The Morgan fingerprint density at radius 2 is 2.12 bits per heavy atom.